The Morgan fingerprint density at radius 2 is 2.06 bits per heavy atom. The van der Waals surface area contributed by atoms with E-state index >= 15 is 0 Å². The van der Waals surface area contributed by atoms with Crippen LogP contribution in [-0.2, 0) is 6.42 Å². The van der Waals surface area contributed by atoms with Crippen LogP contribution >= 0.6 is 46.4 Å². The molecule has 1 aromatic carbocycles. The third-order valence-electron chi connectivity index (χ3n) is 1.97. The quantitative estimate of drug-likeness (QED) is 0.884. The summed E-state index contributed by atoms with van der Waals surface area (Å²) < 4.78 is 5.50. The summed E-state index contributed by atoms with van der Waals surface area (Å²) in [6.07, 6.45) is 0.623. The van der Waals surface area contributed by atoms with Gasteiger partial charge >= 0.3 is 0 Å². The molecule has 0 aliphatic rings. The molecule has 0 saturated carbocycles. The van der Waals surface area contributed by atoms with Crippen molar-refractivity contribution in [2.45, 2.75) is 6.42 Å². The Morgan fingerprint density at radius 3 is 2.65 bits per heavy atom. The second-order valence-electron chi connectivity index (χ2n) is 3.26. The molecule has 2 N–H and O–H groups in total. The fraction of sp³-hybridized carbons (Fsp3) is 0.273. The molecule has 0 aliphatic carbocycles. The van der Waals surface area contributed by atoms with Crippen molar-refractivity contribution in [3.8, 4) is 5.75 Å². The van der Waals surface area contributed by atoms with Crippen molar-refractivity contribution in [1.82, 2.24) is 0 Å². The van der Waals surface area contributed by atoms with E-state index in [0.717, 1.165) is 5.56 Å². The molecule has 0 fully saturated rings. The molecule has 17 heavy (non-hydrogen) atoms. The molecule has 0 heterocycles. The third kappa shape index (κ3) is 4.57. The fourth-order valence-electron chi connectivity index (χ4n) is 1.29. The van der Waals surface area contributed by atoms with Gasteiger partial charge in [0, 0.05) is 10.6 Å². The van der Waals surface area contributed by atoms with Crippen LogP contribution in [-0.4, -0.2) is 13.2 Å². The van der Waals surface area contributed by atoms with Crippen LogP contribution < -0.4 is 10.5 Å². The van der Waals surface area contributed by atoms with Crippen LogP contribution in [0.5, 0.6) is 5.75 Å². The summed E-state index contributed by atoms with van der Waals surface area (Å²) in [5.41, 5.74) is 7.61. The highest BCUT2D eigenvalue weighted by Gasteiger charge is 2.10. The number of ether oxygens (including phenoxy) is 1. The zero-order valence-electron chi connectivity index (χ0n) is 8.85. The molecule has 0 aliphatic heterocycles. The fourth-order valence-corrected chi connectivity index (χ4v) is 2.00. The van der Waals surface area contributed by atoms with Crippen LogP contribution in [0.25, 0.3) is 0 Å². The van der Waals surface area contributed by atoms with Gasteiger partial charge in [-0.15, -0.1) is 0 Å². The maximum atomic E-state index is 6.05. The Morgan fingerprint density at radius 1 is 1.35 bits per heavy atom. The van der Waals surface area contributed by atoms with Gasteiger partial charge in [-0.3, -0.25) is 0 Å². The molecule has 2 nitrogen and oxygen atoms in total. The molecule has 0 bridgehead atoms. The topological polar surface area (TPSA) is 35.2 Å². The minimum absolute atomic E-state index is 0.157. The number of nitrogens with two attached hydrogens (primary N) is 1. The van der Waals surface area contributed by atoms with E-state index in [-0.39, 0.29) is 6.61 Å². The Balaban J connectivity index is 2.95. The van der Waals surface area contributed by atoms with E-state index in [1.54, 1.807) is 12.1 Å². The van der Waals surface area contributed by atoms with Gasteiger partial charge < -0.3 is 10.5 Å². The lowest BCUT2D eigenvalue weighted by Gasteiger charge is -2.13. The molecule has 94 valence electrons. The Labute approximate surface area is 120 Å². The lowest BCUT2D eigenvalue weighted by atomic mass is 10.1. The molecule has 0 aromatic heterocycles. The molecule has 0 atom stereocenters. The standard InChI is InChI=1S/C11H11Cl4NO/c12-5-9(14)6-17-11-7(1-2-16)3-8(13)4-10(11)15/h3-5H,1-2,6,16H2. The number of benzene rings is 1. The van der Waals surface area contributed by atoms with Crippen molar-refractivity contribution < 1.29 is 4.74 Å². The third-order valence-corrected chi connectivity index (χ3v) is 3.06. The highest BCUT2D eigenvalue weighted by molar-refractivity contribution is 6.37. The van der Waals surface area contributed by atoms with Crippen molar-refractivity contribution in [2.24, 2.45) is 5.73 Å². The maximum absolute atomic E-state index is 6.05. The monoisotopic (exact) mass is 313 g/mol. The second kappa shape index (κ2) is 7.34. The van der Waals surface area contributed by atoms with E-state index in [1.807, 2.05) is 0 Å². The zero-order chi connectivity index (χ0) is 12.8. The second-order valence-corrected chi connectivity index (χ2v) is 4.81. The van der Waals surface area contributed by atoms with Crippen molar-refractivity contribution in [3.05, 3.63) is 38.3 Å². The van der Waals surface area contributed by atoms with Crippen LogP contribution in [0.2, 0.25) is 10.0 Å². The summed E-state index contributed by atoms with van der Waals surface area (Å²) in [4.78, 5) is 0. The minimum Gasteiger partial charge on any atom is -0.486 e. The predicted molar refractivity (Wildman–Crippen MR) is 74.5 cm³/mol. The van der Waals surface area contributed by atoms with Crippen LogP contribution in [0.4, 0.5) is 0 Å². The predicted octanol–water partition coefficient (Wildman–Crippen LogP) is 4.19. The molecule has 0 amide bonds. The van der Waals surface area contributed by atoms with Gasteiger partial charge in [0.1, 0.15) is 12.4 Å². The Bertz CT molecular complexity index is 420. The van der Waals surface area contributed by atoms with Gasteiger partial charge in [-0.1, -0.05) is 46.4 Å². The molecular weight excluding hydrogens is 304 g/mol. The first-order valence-corrected chi connectivity index (χ1v) is 6.41. The Hall–Kier alpha value is -0.120. The van der Waals surface area contributed by atoms with Crippen LogP contribution in [0.3, 0.4) is 0 Å². The molecule has 1 rings (SSSR count). The number of hydrogen-bond donors (Lipinski definition) is 1. The van der Waals surface area contributed by atoms with Crippen LogP contribution in [0, 0.1) is 0 Å². The summed E-state index contributed by atoms with van der Waals surface area (Å²) in [6, 6.07) is 3.38. The smallest absolute Gasteiger partial charge is 0.141 e. The highest BCUT2D eigenvalue weighted by atomic mass is 35.5. The zero-order valence-corrected chi connectivity index (χ0v) is 11.9. The lowest BCUT2D eigenvalue weighted by Crippen LogP contribution is -2.06. The van der Waals surface area contributed by atoms with Crippen molar-refractivity contribution in [2.75, 3.05) is 13.2 Å². The van der Waals surface area contributed by atoms with E-state index in [4.69, 9.17) is 56.9 Å². The van der Waals surface area contributed by atoms with Crippen molar-refractivity contribution >= 4 is 46.4 Å². The van der Waals surface area contributed by atoms with Gasteiger partial charge in [0.25, 0.3) is 0 Å². The Kier molecular flexibility index (Phi) is 6.45. The van der Waals surface area contributed by atoms with Crippen LogP contribution in [0.15, 0.2) is 22.7 Å². The molecule has 0 unspecified atom stereocenters. The van der Waals surface area contributed by atoms with Gasteiger partial charge in [0.2, 0.25) is 0 Å². The van der Waals surface area contributed by atoms with Crippen molar-refractivity contribution in [1.29, 1.82) is 0 Å². The van der Waals surface area contributed by atoms with Gasteiger partial charge in [-0.25, -0.2) is 0 Å². The van der Waals surface area contributed by atoms with Gasteiger partial charge in [-0.2, -0.15) is 0 Å². The average molecular weight is 315 g/mol. The van der Waals surface area contributed by atoms with Gasteiger partial charge in [-0.05, 0) is 30.7 Å². The van der Waals surface area contributed by atoms with Gasteiger partial charge in [0.05, 0.1) is 10.1 Å². The summed E-state index contributed by atoms with van der Waals surface area (Å²) in [6.45, 7) is 0.635. The maximum Gasteiger partial charge on any atom is 0.141 e. The highest BCUT2D eigenvalue weighted by Crippen LogP contribution is 2.33. The molecule has 0 saturated heterocycles. The first-order valence-electron chi connectivity index (χ1n) is 4.84. The molecular formula is C11H11Cl4NO. The summed E-state index contributed by atoms with van der Waals surface area (Å²) in [5, 5.41) is 1.36. The summed E-state index contributed by atoms with van der Waals surface area (Å²) in [5.74, 6) is 0.540. The lowest BCUT2D eigenvalue weighted by molar-refractivity contribution is 0.355. The number of hydrogen-bond acceptors (Lipinski definition) is 2. The average Bonchev–Trinajstić information content (AvgIpc) is 2.27. The first-order chi connectivity index (χ1) is 8.08. The first kappa shape index (κ1) is 14.9. The molecule has 1 aromatic rings. The van der Waals surface area contributed by atoms with E-state index in [2.05, 4.69) is 0 Å². The molecule has 0 spiro atoms. The van der Waals surface area contributed by atoms with E-state index in [1.165, 1.54) is 5.54 Å². The minimum atomic E-state index is 0.157. The van der Waals surface area contributed by atoms with Gasteiger partial charge in [0.15, 0.2) is 0 Å². The SMILES string of the molecule is NCCc1cc(Cl)cc(Cl)c1OCC(Cl)=CCl. The van der Waals surface area contributed by atoms with E-state index < -0.39 is 0 Å². The molecule has 0 radical (unpaired) electrons. The molecule has 6 heteroatoms. The number of halogens is 4. The summed E-state index contributed by atoms with van der Waals surface area (Å²) >= 11 is 23.1. The largest absolute Gasteiger partial charge is 0.486 e. The van der Waals surface area contributed by atoms with E-state index in [9.17, 15) is 0 Å². The van der Waals surface area contributed by atoms with Crippen molar-refractivity contribution in [3.63, 3.8) is 0 Å². The van der Waals surface area contributed by atoms with E-state index in [0.29, 0.717) is 33.8 Å². The summed E-state index contributed by atoms with van der Waals surface area (Å²) in [7, 11) is 0. The normalized spacial score (nSPS) is 11.7. The number of rotatable bonds is 5. The van der Waals surface area contributed by atoms with Crippen LogP contribution in [0.1, 0.15) is 5.56 Å².